The van der Waals surface area contributed by atoms with E-state index in [1.165, 1.54) is 0 Å². The summed E-state index contributed by atoms with van der Waals surface area (Å²) in [6.07, 6.45) is 0.879. The third kappa shape index (κ3) is 2.27. The molecule has 0 radical (unpaired) electrons. The van der Waals surface area contributed by atoms with Crippen LogP contribution in [0.15, 0.2) is 30.3 Å². The van der Waals surface area contributed by atoms with Gasteiger partial charge in [0.1, 0.15) is 12.0 Å². The maximum absolute atomic E-state index is 13.4. The Bertz CT molecular complexity index is 658. The van der Waals surface area contributed by atoms with E-state index in [1.54, 1.807) is 0 Å². The first-order valence-corrected chi connectivity index (χ1v) is 7.71. The van der Waals surface area contributed by atoms with Crippen LogP contribution in [0.5, 0.6) is 0 Å². The van der Waals surface area contributed by atoms with Crippen LogP contribution in [0.1, 0.15) is 18.4 Å². The molecule has 2 N–H and O–H groups in total. The molecule has 3 nitrogen and oxygen atoms in total. The van der Waals surface area contributed by atoms with E-state index >= 15 is 0 Å². The second-order valence-corrected chi connectivity index (χ2v) is 6.39. The van der Waals surface area contributed by atoms with Gasteiger partial charge in [0.2, 0.25) is 0 Å². The molecular formula is C17H20FN3. The van der Waals surface area contributed by atoms with E-state index in [-0.39, 0.29) is 0 Å². The van der Waals surface area contributed by atoms with Crippen molar-refractivity contribution in [1.82, 2.24) is 4.98 Å². The van der Waals surface area contributed by atoms with Gasteiger partial charge in [-0.1, -0.05) is 6.07 Å². The maximum atomic E-state index is 13.4. The van der Waals surface area contributed by atoms with Crippen LogP contribution >= 0.6 is 0 Å². The van der Waals surface area contributed by atoms with Gasteiger partial charge in [0.25, 0.3) is 0 Å². The minimum Gasteiger partial charge on any atom is -0.356 e. The third-order valence-corrected chi connectivity index (χ3v) is 4.99. The standard InChI is InChI=1S/C17H20FN3/c18-15-6-13-9-21(10-14(13)7-15)17-4-2-12-5-11(8-19)1-3-16(12)20-17/h1-5,13-15H,6-10,19H2. The average Bonchev–Trinajstić information content (AvgIpc) is 3.03. The summed E-state index contributed by atoms with van der Waals surface area (Å²) in [5.74, 6) is 2.04. The SMILES string of the molecule is NCc1ccc2nc(N3CC4CC(F)CC4C3)ccc2c1. The van der Waals surface area contributed by atoms with Gasteiger partial charge in [-0.2, -0.15) is 0 Å². The highest BCUT2D eigenvalue weighted by Crippen LogP contribution is 2.40. The minimum absolute atomic E-state index is 0.511. The second-order valence-electron chi connectivity index (χ2n) is 6.39. The van der Waals surface area contributed by atoms with Gasteiger partial charge in [0.15, 0.2) is 0 Å². The summed E-state index contributed by atoms with van der Waals surface area (Å²) in [4.78, 5) is 7.09. The number of fused-ring (bicyclic) bond motifs is 2. The summed E-state index contributed by atoms with van der Waals surface area (Å²) in [5, 5.41) is 1.13. The van der Waals surface area contributed by atoms with Crippen molar-refractivity contribution in [2.24, 2.45) is 17.6 Å². The molecule has 1 saturated carbocycles. The number of aromatic nitrogens is 1. The van der Waals surface area contributed by atoms with Crippen LogP contribution in [0.3, 0.4) is 0 Å². The van der Waals surface area contributed by atoms with Crippen molar-refractivity contribution in [1.29, 1.82) is 0 Å². The van der Waals surface area contributed by atoms with E-state index in [2.05, 4.69) is 23.1 Å². The number of hydrogen-bond donors (Lipinski definition) is 1. The van der Waals surface area contributed by atoms with Crippen LogP contribution < -0.4 is 10.6 Å². The monoisotopic (exact) mass is 285 g/mol. The van der Waals surface area contributed by atoms with Gasteiger partial charge in [-0.05, 0) is 54.5 Å². The predicted octanol–water partition coefficient (Wildman–Crippen LogP) is 2.88. The number of benzene rings is 1. The van der Waals surface area contributed by atoms with Gasteiger partial charge < -0.3 is 10.6 Å². The molecule has 0 bridgehead atoms. The molecule has 2 fully saturated rings. The molecule has 2 heterocycles. The Hall–Kier alpha value is -1.68. The Balaban J connectivity index is 1.60. The molecule has 21 heavy (non-hydrogen) atoms. The second kappa shape index (κ2) is 4.95. The van der Waals surface area contributed by atoms with Gasteiger partial charge >= 0.3 is 0 Å². The fourth-order valence-electron chi connectivity index (χ4n) is 3.88. The van der Waals surface area contributed by atoms with E-state index in [1.807, 2.05) is 12.1 Å². The van der Waals surface area contributed by atoms with Crippen LogP contribution in [0.2, 0.25) is 0 Å². The van der Waals surface area contributed by atoms with Crippen LogP contribution in [0, 0.1) is 11.8 Å². The summed E-state index contributed by atoms with van der Waals surface area (Å²) in [5.41, 5.74) is 7.81. The van der Waals surface area contributed by atoms with Crippen molar-refractivity contribution < 1.29 is 4.39 Å². The van der Waals surface area contributed by atoms with E-state index in [0.29, 0.717) is 18.4 Å². The highest BCUT2D eigenvalue weighted by molar-refractivity contribution is 5.81. The van der Waals surface area contributed by atoms with Gasteiger partial charge in [-0.3, -0.25) is 0 Å². The minimum atomic E-state index is -0.582. The molecule has 4 heteroatoms. The summed E-state index contributed by atoms with van der Waals surface area (Å²) < 4.78 is 13.4. The first kappa shape index (κ1) is 13.0. The Morgan fingerprint density at radius 1 is 1.14 bits per heavy atom. The molecule has 2 aromatic rings. The maximum Gasteiger partial charge on any atom is 0.129 e. The van der Waals surface area contributed by atoms with Crippen LogP contribution in [-0.4, -0.2) is 24.2 Å². The highest BCUT2D eigenvalue weighted by Gasteiger charge is 2.41. The Morgan fingerprint density at radius 3 is 2.62 bits per heavy atom. The lowest BCUT2D eigenvalue weighted by molar-refractivity contribution is 0.325. The third-order valence-electron chi connectivity index (χ3n) is 4.99. The fourth-order valence-corrected chi connectivity index (χ4v) is 3.88. The van der Waals surface area contributed by atoms with Gasteiger partial charge in [-0.25, -0.2) is 9.37 Å². The number of halogens is 1. The van der Waals surface area contributed by atoms with E-state index in [4.69, 9.17) is 10.7 Å². The zero-order valence-electron chi connectivity index (χ0n) is 12.0. The molecule has 1 aliphatic heterocycles. The largest absolute Gasteiger partial charge is 0.356 e. The van der Waals surface area contributed by atoms with Crippen molar-refractivity contribution in [2.45, 2.75) is 25.6 Å². The molecule has 1 aliphatic carbocycles. The first-order chi connectivity index (χ1) is 10.2. The molecule has 2 aliphatic rings. The average molecular weight is 285 g/mol. The first-order valence-electron chi connectivity index (χ1n) is 7.71. The Morgan fingerprint density at radius 2 is 1.90 bits per heavy atom. The molecule has 2 unspecified atom stereocenters. The lowest BCUT2D eigenvalue weighted by Gasteiger charge is -2.19. The van der Waals surface area contributed by atoms with Gasteiger partial charge in [0, 0.05) is 25.0 Å². The molecule has 110 valence electrons. The van der Waals surface area contributed by atoms with Crippen molar-refractivity contribution in [2.75, 3.05) is 18.0 Å². The number of hydrogen-bond acceptors (Lipinski definition) is 3. The molecule has 1 aromatic carbocycles. The summed E-state index contributed by atoms with van der Waals surface area (Å²) in [6.45, 7) is 2.45. The number of anilines is 1. The Labute approximate surface area is 124 Å². The number of nitrogens with two attached hydrogens (primary N) is 1. The topological polar surface area (TPSA) is 42.1 Å². The molecule has 2 atom stereocenters. The van der Waals surface area contributed by atoms with E-state index in [9.17, 15) is 4.39 Å². The van der Waals surface area contributed by atoms with Crippen LogP contribution in [0.25, 0.3) is 10.9 Å². The number of pyridine rings is 1. The molecule has 0 spiro atoms. The van der Waals surface area contributed by atoms with Crippen molar-refractivity contribution in [3.05, 3.63) is 35.9 Å². The quantitative estimate of drug-likeness (QED) is 0.922. The molecule has 4 rings (SSSR count). The van der Waals surface area contributed by atoms with E-state index in [0.717, 1.165) is 48.2 Å². The fraction of sp³-hybridized carbons (Fsp3) is 0.471. The Kier molecular flexibility index (Phi) is 3.07. The molecular weight excluding hydrogens is 265 g/mol. The number of alkyl halides is 1. The van der Waals surface area contributed by atoms with Gasteiger partial charge in [-0.15, -0.1) is 0 Å². The summed E-state index contributed by atoms with van der Waals surface area (Å²) >= 11 is 0. The van der Waals surface area contributed by atoms with E-state index < -0.39 is 6.17 Å². The summed E-state index contributed by atoms with van der Waals surface area (Å²) in [6, 6.07) is 10.4. The zero-order chi connectivity index (χ0) is 14.4. The normalized spacial score (nSPS) is 28.3. The predicted molar refractivity (Wildman–Crippen MR) is 83.0 cm³/mol. The highest BCUT2D eigenvalue weighted by atomic mass is 19.1. The lowest BCUT2D eigenvalue weighted by atomic mass is 10.0. The smallest absolute Gasteiger partial charge is 0.129 e. The van der Waals surface area contributed by atoms with Crippen molar-refractivity contribution >= 4 is 16.7 Å². The van der Waals surface area contributed by atoms with Gasteiger partial charge in [0.05, 0.1) is 5.52 Å². The number of rotatable bonds is 2. The zero-order valence-corrected chi connectivity index (χ0v) is 12.0. The molecule has 0 amide bonds. The van der Waals surface area contributed by atoms with Crippen molar-refractivity contribution in [3.63, 3.8) is 0 Å². The van der Waals surface area contributed by atoms with Crippen LogP contribution in [-0.2, 0) is 6.54 Å². The molecule has 1 aromatic heterocycles. The van der Waals surface area contributed by atoms with Crippen molar-refractivity contribution in [3.8, 4) is 0 Å². The van der Waals surface area contributed by atoms with Crippen LogP contribution in [0.4, 0.5) is 10.2 Å². The molecule has 1 saturated heterocycles. The summed E-state index contributed by atoms with van der Waals surface area (Å²) in [7, 11) is 0. The lowest BCUT2D eigenvalue weighted by Crippen LogP contribution is -2.22. The number of nitrogens with zero attached hydrogens (tertiary/aromatic N) is 2.